The minimum absolute atomic E-state index is 0.120. The highest BCUT2D eigenvalue weighted by molar-refractivity contribution is 8.01. The second-order valence-corrected chi connectivity index (χ2v) is 8.30. The molecule has 146 valence electrons. The molecule has 0 aliphatic carbocycles. The maximum atomic E-state index is 13.1. The Morgan fingerprint density at radius 1 is 1.30 bits per heavy atom. The van der Waals surface area contributed by atoms with E-state index in [0.717, 1.165) is 9.90 Å². The smallest absolute Gasteiger partial charge is 0.311 e. The lowest BCUT2D eigenvalue weighted by Gasteiger charge is -2.22. The van der Waals surface area contributed by atoms with E-state index in [2.05, 4.69) is 10.3 Å². The van der Waals surface area contributed by atoms with Crippen LogP contribution in [0, 0.1) is 11.7 Å². The maximum absolute atomic E-state index is 13.1. The molecule has 2 rings (SSSR count). The fourth-order valence-corrected chi connectivity index (χ4v) is 4.10. The minimum atomic E-state index is -0.309. The molecule has 0 saturated heterocycles. The molecule has 0 bridgehead atoms. The summed E-state index contributed by atoms with van der Waals surface area (Å²) in [6.45, 7) is 6.11. The number of nitrogens with one attached hydrogen (secondary N) is 1. The van der Waals surface area contributed by atoms with Crippen molar-refractivity contribution in [3.63, 3.8) is 0 Å². The molecule has 2 aromatic rings. The van der Waals surface area contributed by atoms with Gasteiger partial charge in [-0.1, -0.05) is 37.7 Å². The number of thioether (sulfide) groups is 1. The van der Waals surface area contributed by atoms with Crippen LogP contribution in [0.25, 0.3) is 0 Å². The van der Waals surface area contributed by atoms with Gasteiger partial charge in [0.25, 0.3) is 0 Å². The van der Waals surface area contributed by atoms with Gasteiger partial charge in [0.05, 0.1) is 30.5 Å². The van der Waals surface area contributed by atoms with E-state index in [9.17, 15) is 14.0 Å². The number of ether oxygens (including phenoxy) is 1. The first-order valence-corrected chi connectivity index (χ1v) is 10.5. The largest absolute Gasteiger partial charge is 0.466 e. The zero-order valence-electron chi connectivity index (χ0n) is 15.5. The Morgan fingerprint density at radius 2 is 2.00 bits per heavy atom. The lowest BCUT2D eigenvalue weighted by atomic mass is 9.96. The van der Waals surface area contributed by atoms with E-state index in [1.807, 2.05) is 13.8 Å². The van der Waals surface area contributed by atoms with E-state index in [1.54, 1.807) is 24.4 Å². The van der Waals surface area contributed by atoms with E-state index in [-0.39, 0.29) is 41.8 Å². The van der Waals surface area contributed by atoms with Crippen molar-refractivity contribution in [3.8, 4) is 0 Å². The summed E-state index contributed by atoms with van der Waals surface area (Å²) in [5.74, 6) is -0.344. The van der Waals surface area contributed by atoms with E-state index in [0.29, 0.717) is 12.3 Å². The quantitative estimate of drug-likeness (QED) is 0.500. The van der Waals surface area contributed by atoms with Crippen molar-refractivity contribution in [1.29, 1.82) is 0 Å². The number of aromatic nitrogens is 1. The van der Waals surface area contributed by atoms with Crippen molar-refractivity contribution in [3.05, 3.63) is 46.7 Å². The van der Waals surface area contributed by atoms with Crippen molar-refractivity contribution in [2.75, 3.05) is 12.4 Å². The normalized spacial score (nSPS) is 12.0. The monoisotopic (exact) mass is 410 g/mol. The topological polar surface area (TPSA) is 68.3 Å². The van der Waals surface area contributed by atoms with Gasteiger partial charge in [-0.05, 0) is 30.5 Å². The molecule has 0 aliphatic rings. The van der Waals surface area contributed by atoms with Crippen LogP contribution in [0.3, 0.4) is 0 Å². The molecular formula is C19H23FN2O3S2. The highest BCUT2D eigenvalue weighted by atomic mass is 32.2. The first-order valence-electron chi connectivity index (χ1n) is 8.66. The van der Waals surface area contributed by atoms with E-state index >= 15 is 0 Å². The van der Waals surface area contributed by atoms with Crippen LogP contribution in [0.1, 0.15) is 38.1 Å². The van der Waals surface area contributed by atoms with Gasteiger partial charge >= 0.3 is 5.97 Å². The second-order valence-electron chi connectivity index (χ2n) is 6.22. The molecule has 0 spiro atoms. The summed E-state index contributed by atoms with van der Waals surface area (Å²) in [6, 6.07) is 5.99. The van der Waals surface area contributed by atoms with E-state index in [4.69, 9.17) is 4.74 Å². The van der Waals surface area contributed by atoms with Gasteiger partial charge in [-0.2, -0.15) is 0 Å². The fourth-order valence-electron chi connectivity index (χ4n) is 2.44. The van der Waals surface area contributed by atoms with Crippen LogP contribution in [-0.4, -0.2) is 29.2 Å². The summed E-state index contributed by atoms with van der Waals surface area (Å²) in [5.41, 5.74) is 1.52. The lowest BCUT2D eigenvalue weighted by Crippen LogP contribution is -2.33. The van der Waals surface area contributed by atoms with Crippen LogP contribution in [-0.2, 0) is 20.7 Å². The highest BCUT2D eigenvalue weighted by Crippen LogP contribution is 2.25. The van der Waals surface area contributed by atoms with E-state index in [1.165, 1.54) is 35.2 Å². The minimum Gasteiger partial charge on any atom is -0.466 e. The number of halogens is 1. The van der Waals surface area contributed by atoms with Crippen molar-refractivity contribution < 1.29 is 18.7 Å². The number of hydrogen-bond donors (Lipinski definition) is 1. The predicted molar refractivity (Wildman–Crippen MR) is 105 cm³/mol. The van der Waals surface area contributed by atoms with Crippen LogP contribution in [0.5, 0.6) is 0 Å². The summed E-state index contributed by atoms with van der Waals surface area (Å²) in [7, 11) is 0. The Hall–Kier alpha value is -1.93. The SMILES string of the molecule is CCOC(=O)Cc1csc(SCC(=O)NC(c2ccc(F)cc2)C(C)C)n1. The molecule has 1 unspecified atom stereocenters. The molecule has 1 heterocycles. The van der Waals surface area contributed by atoms with Gasteiger partial charge < -0.3 is 10.1 Å². The molecule has 27 heavy (non-hydrogen) atoms. The van der Waals surface area contributed by atoms with Crippen molar-refractivity contribution >= 4 is 35.0 Å². The molecule has 1 atom stereocenters. The third kappa shape index (κ3) is 6.95. The molecular weight excluding hydrogens is 387 g/mol. The van der Waals surface area contributed by atoms with Gasteiger partial charge in [-0.25, -0.2) is 9.37 Å². The number of thiazole rings is 1. The number of amides is 1. The van der Waals surface area contributed by atoms with Crippen LogP contribution < -0.4 is 5.32 Å². The summed E-state index contributed by atoms with van der Waals surface area (Å²) >= 11 is 2.72. The first-order chi connectivity index (χ1) is 12.9. The summed E-state index contributed by atoms with van der Waals surface area (Å²) < 4.78 is 18.7. The highest BCUT2D eigenvalue weighted by Gasteiger charge is 2.19. The van der Waals surface area contributed by atoms with Gasteiger partial charge in [0.2, 0.25) is 5.91 Å². The molecule has 0 radical (unpaired) electrons. The Bertz CT molecular complexity index is 763. The molecule has 8 heteroatoms. The van der Waals surface area contributed by atoms with Crippen LogP contribution >= 0.6 is 23.1 Å². The number of nitrogens with zero attached hydrogens (tertiary/aromatic N) is 1. The van der Waals surface area contributed by atoms with Gasteiger partial charge in [0, 0.05) is 5.38 Å². The Labute approximate surface area is 166 Å². The number of hydrogen-bond acceptors (Lipinski definition) is 6. The standard InChI is InChI=1S/C19H23FN2O3S2/c1-4-25-17(24)9-15-10-26-19(21-15)27-11-16(23)22-18(12(2)3)13-5-7-14(20)8-6-13/h5-8,10,12,18H,4,9,11H2,1-3H3,(H,22,23). The van der Waals surface area contributed by atoms with Crippen molar-refractivity contribution in [1.82, 2.24) is 10.3 Å². The second kappa shape index (κ2) is 10.4. The van der Waals surface area contributed by atoms with E-state index < -0.39 is 0 Å². The Kier molecular flexibility index (Phi) is 8.24. The van der Waals surface area contributed by atoms with Crippen LogP contribution in [0.15, 0.2) is 34.0 Å². The molecule has 0 fully saturated rings. The first kappa shape index (κ1) is 21.4. The molecule has 5 nitrogen and oxygen atoms in total. The zero-order chi connectivity index (χ0) is 19.8. The number of rotatable bonds is 9. The number of esters is 1. The zero-order valence-corrected chi connectivity index (χ0v) is 17.2. The maximum Gasteiger partial charge on any atom is 0.311 e. The van der Waals surface area contributed by atoms with Gasteiger partial charge in [0.1, 0.15) is 5.82 Å². The molecule has 0 saturated carbocycles. The lowest BCUT2D eigenvalue weighted by molar-refractivity contribution is -0.142. The third-order valence-corrected chi connectivity index (χ3v) is 5.77. The summed E-state index contributed by atoms with van der Waals surface area (Å²) in [6.07, 6.45) is 0.136. The average molecular weight is 411 g/mol. The third-order valence-electron chi connectivity index (χ3n) is 3.70. The Balaban J connectivity index is 1.88. The molecule has 1 aromatic carbocycles. The number of benzene rings is 1. The number of carbonyl (C=O) groups is 2. The predicted octanol–water partition coefficient (Wildman–Crippen LogP) is 3.99. The van der Waals surface area contributed by atoms with Gasteiger partial charge in [-0.15, -0.1) is 11.3 Å². The molecule has 1 aromatic heterocycles. The average Bonchev–Trinajstić information content (AvgIpc) is 3.06. The Morgan fingerprint density at radius 3 is 2.63 bits per heavy atom. The van der Waals surface area contributed by atoms with Crippen LogP contribution in [0.4, 0.5) is 4.39 Å². The van der Waals surface area contributed by atoms with Gasteiger partial charge in [0.15, 0.2) is 4.34 Å². The summed E-state index contributed by atoms with van der Waals surface area (Å²) in [5, 5.41) is 4.80. The molecule has 0 aliphatic heterocycles. The summed E-state index contributed by atoms with van der Waals surface area (Å²) in [4.78, 5) is 28.2. The van der Waals surface area contributed by atoms with Gasteiger partial charge in [-0.3, -0.25) is 9.59 Å². The molecule has 1 N–H and O–H groups in total. The van der Waals surface area contributed by atoms with Crippen LogP contribution in [0.2, 0.25) is 0 Å². The van der Waals surface area contributed by atoms with Crippen molar-refractivity contribution in [2.24, 2.45) is 5.92 Å². The molecule has 1 amide bonds. The fraction of sp³-hybridized carbons (Fsp3) is 0.421. The van der Waals surface area contributed by atoms with Crippen molar-refractivity contribution in [2.45, 2.75) is 37.6 Å². The number of carbonyl (C=O) groups excluding carboxylic acids is 2.